The van der Waals surface area contributed by atoms with Crippen LogP contribution < -0.4 is 5.32 Å². The molecule has 0 bridgehead atoms. The van der Waals surface area contributed by atoms with E-state index in [1.807, 2.05) is 48.2 Å². The lowest BCUT2D eigenvalue weighted by atomic mass is 10.2. The number of carbonyl (C=O) groups excluding carboxylic acids is 1. The Balaban J connectivity index is 1.39. The monoisotopic (exact) mass is 440 g/mol. The maximum Gasteiger partial charge on any atom is 0.252 e. The second-order valence-electron chi connectivity index (χ2n) is 6.87. The van der Waals surface area contributed by atoms with Gasteiger partial charge in [-0.25, -0.2) is 14.4 Å². The number of benzene rings is 2. The highest BCUT2D eigenvalue weighted by molar-refractivity contribution is 7.98. The van der Waals surface area contributed by atoms with Crippen LogP contribution in [0.25, 0.3) is 11.0 Å². The van der Waals surface area contributed by atoms with E-state index in [0.29, 0.717) is 18.5 Å². The zero-order valence-corrected chi connectivity index (χ0v) is 18.3. The quantitative estimate of drug-likeness (QED) is 0.422. The van der Waals surface area contributed by atoms with Gasteiger partial charge in [0, 0.05) is 36.0 Å². The lowest BCUT2D eigenvalue weighted by Crippen LogP contribution is -2.26. The molecule has 0 unspecified atom stereocenters. The van der Waals surface area contributed by atoms with Crippen molar-refractivity contribution in [1.29, 1.82) is 0 Å². The molecule has 5 nitrogen and oxygen atoms in total. The SMILES string of the molecule is Cc1nc(CSc2ccccc2C(=O)NCCc2nc3ccc(F)cc3n2C)cs1. The Morgan fingerprint density at radius 3 is 2.87 bits per heavy atom. The van der Waals surface area contributed by atoms with Crippen LogP contribution in [-0.4, -0.2) is 27.0 Å². The number of hydrogen-bond acceptors (Lipinski definition) is 5. The summed E-state index contributed by atoms with van der Waals surface area (Å²) in [5, 5.41) is 6.07. The zero-order valence-electron chi connectivity index (χ0n) is 16.7. The maximum absolute atomic E-state index is 13.5. The van der Waals surface area contributed by atoms with E-state index in [1.54, 1.807) is 29.2 Å². The van der Waals surface area contributed by atoms with Gasteiger partial charge in [0.2, 0.25) is 0 Å². The first-order valence-electron chi connectivity index (χ1n) is 9.53. The minimum atomic E-state index is -0.285. The molecule has 1 amide bonds. The number of hydrogen-bond donors (Lipinski definition) is 1. The first-order valence-corrected chi connectivity index (χ1v) is 11.4. The van der Waals surface area contributed by atoms with Crippen LogP contribution in [0.2, 0.25) is 0 Å². The molecule has 0 aliphatic heterocycles. The molecule has 0 aliphatic carbocycles. The van der Waals surface area contributed by atoms with Crippen LogP contribution >= 0.6 is 23.1 Å². The number of fused-ring (bicyclic) bond motifs is 1. The van der Waals surface area contributed by atoms with Crippen molar-refractivity contribution in [3.8, 4) is 0 Å². The van der Waals surface area contributed by atoms with Gasteiger partial charge in [-0.3, -0.25) is 4.79 Å². The lowest BCUT2D eigenvalue weighted by molar-refractivity contribution is 0.0951. The number of amides is 1. The molecule has 8 heteroatoms. The summed E-state index contributed by atoms with van der Waals surface area (Å²) in [4.78, 5) is 22.7. The van der Waals surface area contributed by atoms with Gasteiger partial charge in [0.05, 0.1) is 27.3 Å². The minimum Gasteiger partial charge on any atom is -0.352 e. The predicted molar refractivity (Wildman–Crippen MR) is 120 cm³/mol. The highest BCUT2D eigenvalue weighted by Crippen LogP contribution is 2.27. The van der Waals surface area contributed by atoms with E-state index in [1.165, 1.54) is 12.1 Å². The summed E-state index contributed by atoms with van der Waals surface area (Å²) in [7, 11) is 1.86. The fourth-order valence-electron chi connectivity index (χ4n) is 3.23. The fraction of sp³-hybridized carbons (Fsp3) is 0.227. The van der Waals surface area contributed by atoms with Gasteiger partial charge in [0.15, 0.2) is 0 Å². The smallest absolute Gasteiger partial charge is 0.252 e. The number of thiazole rings is 1. The zero-order chi connectivity index (χ0) is 21.1. The molecule has 0 radical (unpaired) electrons. The van der Waals surface area contributed by atoms with Crippen molar-refractivity contribution in [2.75, 3.05) is 6.54 Å². The second-order valence-corrected chi connectivity index (χ2v) is 8.95. The molecule has 0 fully saturated rings. The number of halogens is 1. The van der Waals surface area contributed by atoms with Gasteiger partial charge in [-0.1, -0.05) is 12.1 Å². The maximum atomic E-state index is 13.5. The standard InChI is InChI=1S/C22H21FN4OS2/c1-14-25-16(12-29-14)13-30-20-6-4-3-5-17(20)22(28)24-10-9-21-26-18-8-7-15(23)11-19(18)27(21)2/h3-8,11-12H,9-10,13H2,1-2H3,(H,24,28). The molecular formula is C22H21FN4OS2. The number of nitrogens with one attached hydrogen (secondary N) is 1. The van der Waals surface area contributed by atoms with Crippen molar-refractivity contribution >= 4 is 40.0 Å². The van der Waals surface area contributed by atoms with E-state index >= 15 is 0 Å². The van der Waals surface area contributed by atoms with E-state index < -0.39 is 0 Å². The van der Waals surface area contributed by atoms with E-state index in [4.69, 9.17) is 0 Å². The topological polar surface area (TPSA) is 59.8 Å². The van der Waals surface area contributed by atoms with E-state index in [9.17, 15) is 9.18 Å². The lowest BCUT2D eigenvalue weighted by Gasteiger charge is -2.09. The summed E-state index contributed by atoms with van der Waals surface area (Å²) < 4.78 is 15.3. The molecule has 0 aliphatic rings. The molecule has 30 heavy (non-hydrogen) atoms. The average Bonchev–Trinajstić information content (AvgIpc) is 3.30. The highest BCUT2D eigenvalue weighted by atomic mass is 32.2. The summed E-state index contributed by atoms with van der Waals surface area (Å²) in [6, 6.07) is 12.1. The molecule has 2 aromatic heterocycles. The molecule has 0 saturated carbocycles. The average molecular weight is 441 g/mol. The fourth-order valence-corrected chi connectivity index (χ4v) is 4.89. The normalized spacial score (nSPS) is 11.2. The highest BCUT2D eigenvalue weighted by Gasteiger charge is 2.13. The van der Waals surface area contributed by atoms with Crippen LogP contribution in [0.1, 0.15) is 26.9 Å². The van der Waals surface area contributed by atoms with Gasteiger partial charge in [0.25, 0.3) is 5.91 Å². The Labute approximate surface area is 182 Å². The van der Waals surface area contributed by atoms with Crippen LogP contribution in [0.5, 0.6) is 0 Å². The van der Waals surface area contributed by atoms with Gasteiger partial charge < -0.3 is 9.88 Å². The number of thioether (sulfide) groups is 1. The van der Waals surface area contributed by atoms with Crippen LogP contribution in [-0.2, 0) is 19.2 Å². The summed E-state index contributed by atoms with van der Waals surface area (Å²) in [6.07, 6.45) is 0.561. The molecule has 1 N–H and O–H groups in total. The molecule has 2 aromatic carbocycles. The Morgan fingerprint density at radius 2 is 2.07 bits per heavy atom. The first kappa shape index (κ1) is 20.6. The summed E-state index contributed by atoms with van der Waals surface area (Å²) in [5.41, 5.74) is 3.17. The second kappa shape index (κ2) is 8.97. The van der Waals surface area contributed by atoms with Crippen molar-refractivity contribution in [2.45, 2.75) is 24.0 Å². The summed E-state index contributed by atoms with van der Waals surface area (Å²) >= 11 is 3.24. The van der Waals surface area contributed by atoms with E-state index in [0.717, 1.165) is 38.2 Å². The first-order chi connectivity index (χ1) is 14.5. The Morgan fingerprint density at radius 1 is 1.23 bits per heavy atom. The number of rotatable bonds is 7. The molecular weight excluding hydrogens is 419 g/mol. The third kappa shape index (κ3) is 4.55. The number of aryl methyl sites for hydroxylation is 2. The number of aromatic nitrogens is 3. The Kier molecular flexibility index (Phi) is 6.15. The van der Waals surface area contributed by atoms with Crippen LogP contribution in [0.4, 0.5) is 4.39 Å². The van der Waals surface area contributed by atoms with Crippen LogP contribution in [0, 0.1) is 12.7 Å². The van der Waals surface area contributed by atoms with Gasteiger partial charge >= 0.3 is 0 Å². The molecule has 154 valence electrons. The van der Waals surface area contributed by atoms with Crippen molar-refractivity contribution in [2.24, 2.45) is 7.05 Å². The van der Waals surface area contributed by atoms with Crippen LogP contribution in [0.15, 0.2) is 52.7 Å². The van der Waals surface area contributed by atoms with E-state index in [2.05, 4.69) is 15.3 Å². The third-order valence-electron chi connectivity index (χ3n) is 4.74. The Bertz CT molecular complexity index is 1200. The van der Waals surface area contributed by atoms with Crippen molar-refractivity contribution in [3.05, 3.63) is 75.8 Å². The number of imidazole rings is 1. The van der Waals surface area contributed by atoms with Crippen LogP contribution in [0.3, 0.4) is 0 Å². The van der Waals surface area contributed by atoms with Crippen molar-refractivity contribution in [3.63, 3.8) is 0 Å². The summed E-state index contributed by atoms with van der Waals surface area (Å²) in [6.45, 7) is 2.43. The van der Waals surface area contributed by atoms with E-state index in [-0.39, 0.29) is 11.7 Å². The molecule has 2 heterocycles. The van der Waals surface area contributed by atoms with Gasteiger partial charge in [-0.05, 0) is 37.3 Å². The van der Waals surface area contributed by atoms with Gasteiger partial charge in [-0.2, -0.15) is 0 Å². The number of carbonyl (C=O) groups is 1. The largest absolute Gasteiger partial charge is 0.352 e. The van der Waals surface area contributed by atoms with Gasteiger partial charge in [0.1, 0.15) is 11.6 Å². The minimum absolute atomic E-state index is 0.114. The predicted octanol–water partition coefficient (Wildman–Crippen LogP) is 4.74. The molecule has 0 atom stereocenters. The van der Waals surface area contributed by atoms with Gasteiger partial charge in [-0.15, -0.1) is 23.1 Å². The van der Waals surface area contributed by atoms with Crippen molar-refractivity contribution < 1.29 is 9.18 Å². The Hall–Kier alpha value is -2.71. The summed E-state index contributed by atoms with van der Waals surface area (Å²) in [5.74, 6) is 1.13. The molecule has 0 spiro atoms. The molecule has 4 aromatic rings. The molecule has 0 saturated heterocycles. The third-order valence-corrected chi connectivity index (χ3v) is 6.67. The molecule has 4 rings (SSSR count). The number of nitrogens with zero attached hydrogens (tertiary/aromatic N) is 3. The van der Waals surface area contributed by atoms with Crippen molar-refractivity contribution in [1.82, 2.24) is 19.9 Å².